The Bertz CT molecular complexity index is 545. The maximum Gasteiger partial charge on any atom is 0.177 e. The molecule has 1 heterocycles. The van der Waals surface area contributed by atoms with Crippen LogP contribution in [0.3, 0.4) is 0 Å². The Kier molecular flexibility index (Phi) is 2.92. The maximum atomic E-state index is 13.4. The Labute approximate surface area is 98.7 Å². The van der Waals surface area contributed by atoms with Gasteiger partial charge in [0.15, 0.2) is 4.77 Å². The molecule has 0 aliphatic rings. The van der Waals surface area contributed by atoms with Crippen LogP contribution >= 0.6 is 12.2 Å². The summed E-state index contributed by atoms with van der Waals surface area (Å²) >= 11 is 5.11. The Morgan fingerprint density at radius 1 is 1.31 bits per heavy atom. The van der Waals surface area contributed by atoms with Gasteiger partial charge in [0.05, 0.1) is 0 Å². The first-order chi connectivity index (χ1) is 7.58. The number of imidazole rings is 1. The van der Waals surface area contributed by atoms with Gasteiger partial charge in [-0.3, -0.25) is 0 Å². The largest absolute Gasteiger partial charge is 0.337 e. The molecule has 2 rings (SSSR count). The number of halogens is 1. The SMILES string of the molecule is Cc1cc(Cn2cc[nH]c2=S)cc(C)c1F. The topological polar surface area (TPSA) is 20.7 Å². The van der Waals surface area contributed by atoms with Gasteiger partial charge in [-0.05, 0) is 42.8 Å². The first-order valence-electron chi connectivity index (χ1n) is 5.07. The number of rotatable bonds is 2. The third kappa shape index (κ3) is 2.07. The molecular weight excluding hydrogens is 223 g/mol. The third-order valence-electron chi connectivity index (χ3n) is 2.57. The van der Waals surface area contributed by atoms with Crippen LogP contribution in [0.2, 0.25) is 0 Å². The van der Waals surface area contributed by atoms with Crippen LogP contribution in [-0.4, -0.2) is 9.55 Å². The monoisotopic (exact) mass is 236 g/mol. The second-order valence-corrected chi connectivity index (χ2v) is 4.32. The van der Waals surface area contributed by atoms with Crippen molar-refractivity contribution in [3.63, 3.8) is 0 Å². The normalized spacial score (nSPS) is 10.7. The molecule has 0 radical (unpaired) electrons. The van der Waals surface area contributed by atoms with E-state index in [9.17, 15) is 4.39 Å². The van der Waals surface area contributed by atoms with E-state index in [-0.39, 0.29) is 5.82 Å². The highest BCUT2D eigenvalue weighted by Crippen LogP contribution is 2.15. The fourth-order valence-corrected chi connectivity index (χ4v) is 1.99. The number of nitrogens with one attached hydrogen (secondary N) is 1. The molecule has 1 aromatic carbocycles. The fraction of sp³-hybridized carbons (Fsp3) is 0.250. The highest BCUT2D eigenvalue weighted by atomic mass is 32.1. The minimum absolute atomic E-state index is 0.124. The lowest BCUT2D eigenvalue weighted by Crippen LogP contribution is -2.00. The van der Waals surface area contributed by atoms with Gasteiger partial charge in [0.2, 0.25) is 0 Å². The van der Waals surface area contributed by atoms with E-state index in [1.165, 1.54) is 0 Å². The standard InChI is InChI=1S/C12H13FN2S/c1-8-5-10(6-9(2)11(8)13)7-15-4-3-14-12(15)16/h3-6H,7H2,1-2H3,(H,14,16). The van der Waals surface area contributed by atoms with E-state index < -0.39 is 0 Å². The number of aromatic nitrogens is 2. The second kappa shape index (κ2) is 4.22. The lowest BCUT2D eigenvalue weighted by molar-refractivity contribution is 0.607. The smallest absolute Gasteiger partial charge is 0.177 e. The predicted octanol–water partition coefficient (Wildman–Crippen LogP) is 3.35. The molecule has 4 heteroatoms. The molecule has 0 unspecified atom stereocenters. The van der Waals surface area contributed by atoms with Crippen LogP contribution in [0.4, 0.5) is 4.39 Å². The lowest BCUT2D eigenvalue weighted by atomic mass is 10.1. The van der Waals surface area contributed by atoms with Gasteiger partial charge in [-0.2, -0.15) is 0 Å². The van der Waals surface area contributed by atoms with Crippen LogP contribution in [-0.2, 0) is 6.54 Å². The summed E-state index contributed by atoms with van der Waals surface area (Å²) in [5.74, 6) is -0.124. The van der Waals surface area contributed by atoms with Gasteiger partial charge in [0, 0.05) is 18.9 Å². The number of benzene rings is 1. The van der Waals surface area contributed by atoms with Crippen molar-refractivity contribution in [2.45, 2.75) is 20.4 Å². The molecule has 0 atom stereocenters. The van der Waals surface area contributed by atoms with Crippen molar-refractivity contribution in [3.05, 3.63) is 51.8 Å². The Morgan fingerprint density at radius 3 is 2.44 bits per heavy atom. The molecule has 16 heavy (non-hydrogen) atoms. The lowest BCUT2D eigenvalue weighted by Gasteiger charge is -2.07. The molecule has 2 nitrogen and oxygen atoms in total. The van der Waals surface area contributed by atoms with Crippen molar-refractivity contribution in [3.8, 4) is 0 Å². The number of H-pyrrole nitrogens is 1. The van der Waals surface area contributed by atoms with Crippen molar-refractivity contribution in [2.24, 2.45) is 0 Å². The van der Waals surface area contributed by atoms with E-state index in [1.807, 2.05) is 22.9 Å². The average Bonchev–Trinajstić information content (AvgIpc) is 2.61. The summed E-state index contributed by atoms with van der Waals surface area (Å²) in [7, 11) is 0. The van der Waals surface area contributed by atoms with E-state index in [0.29, 0.717) is 22.4 Å². The van der Waals surface area contributed by atoms with Crippen molar-refractivity contribution in [1.82, 2.24) is 9.55 Å². The maximum absolute atomic E-state index is 13.4. The molecule has 2 aromatic rings. The Hall–Kier alpha value is -1.42. The van der Waals surface area contributed by atoms with Gasteiger partial charge in [-0.25, -0.2) is 4.39 Å². The molecule has 0 saturated heterocycles. The van der Waals surface area contributed by atoms with Crippen LogP contribution in [0.1, 0.15) is 16.7 Å². The van der Waals surface area contributed by atoms with Gasteiger partial charge in [0.1, 0.15) is 5.82 Å². The summed E-state index contributed by atoms with van der Waals surface area (Å²) in [4.78, 5) is 2.93. The van der Waals surface area contributed by atoms with Crippen molar-refractivity contribution in [1.29, 1.82) is 0 Å². The highest BCUT2D eigenvalue weighted by Gasteiger charge is 2.04. The van der Waals surface area contributed by atoms with E-state index in [1.54, 1.807) is 20.0 Å². The number of nitrogens with zero attached hydrogens (tertiary/aromatic N) is 1. The Morgan fingerprint density at radius 2 is 1.94 bits per heavy atom. The molecule has 0 fully saturated rings. The number of hydrogen-bond donors (Lipinski definition) is 1. The van der Waals surface area contributed by atoms with Gasteiger partial charge in [-0.15, -0.1) is 0 Å². The number of aromatic amines is 1. The summed E-state index contributed by atoms with van der Waals surface area (Å²) in [6, 6.07) is 3.72. The zero-order valence-electron chi connectivity index (χ0n) is 9.25. The predicted molar refractivity (Wildman–Crippen MR) is 64.6 cm³/mol. The third-order valence-corrected chi connectivity index (χ3v) is 2.92. The molecular formula is C12H13FN2S. The molecule has 0 amide bonds. The molecule has 0 bridgehead atoms. The quantitative estimate of drug-likeness (QED) is 0.793. The summed E-state index contributed by atoms with van der Waals surface area (Å²) in [5, 5.41) is 0. The van der Waals surface area contributed by atoms with E-state index >= 15 is 0 Å². The van der Waals surface area contributed by atoms with Crippen LogP contribution in [0, 0.1) is 24.4 Å². The zero-order chi connectivity index (χ0) is 11.7. The van der Waals surface area contributed by atoms with E-state index in [0.717, 1.165) is 5.56 Å². The molecule has 0 saturated carbocycles. The van der Waals surface area contributed by atoms with Crippen LogP contribution < -0.4 is 0 Å². The summed E-state index contributed by atoms with van der Waals surface area (Å²) in [6.07, 6.45) is 3.68. The van der Waals surface area contributed by atoms with Crippen molar-refractivity contribution < 1.29 is 4.39 Å². The number of hydrogen-bond acceptors (Lipinski definition) is 1. The minimum Gasteiger partial charge on any atom is -0.337 e. The molecule has 1 N–H and O–H groups in total. The first kappa shape index (κ1) is 11.1. The molecule has 0 aliphatic heterocycles. The van der Waals surface area contributed by atoms with Crippen molar-refractivity contribution >= 4 is 12.2 Å². The van der Waals surface area contributed by atoms with Crippen LogP contribution in [0.5, 0.6) is 0 Å². The van der Waals surface area contributed by atoms with E-state index in [4.69, 9.17) is 12.2 Å². The van der Waals surface area contributed by atoms with Crippen molar-refractivity contribution in [2.75, 3.05) is 0 Å². The van der Waals surface area contributed by atoms with Gasteiger partial charge in [0.25, 0.3) is 0 Å². The fourth-order valence-electron chi connectivity index (χ4n) is 1.80. The summed E-state index contributed by atoms with van der Waals surface area (Å²) in [5.41, 5.74) is 2.42. The zero-order valence-corrected chi connectivity index (χ0v) is 10.1. The summed E-state index contributed by atoms with van der Waals surface area (Å²) < 4.78 is 16.0. The van der Waals surface area contributed by atoms with Gasteiger partial charge < -0.3 is 9.55 Å². The molecule has 0 aliphatic carbocycles. The second-order valence-electron chi connectivity index (χ2n) is 3.94. The highest BCUT2D eigenvalue weighted by molar-refractivity contribution is 7.71. The van der Waals surface area contributed by atoms with Gasteiger partial charge in [-0.1, -0.05) is 12.1 Å². The minimum atomic E-state index is -0.124. The first-order valence-corrected chi connectivity index (χ1v) is 5.48. The van der Waals surface area contributed by atoms with Crippen LogP contribution in [0.15, 0.2) is 24.5 Å². The molecule has 1 aromatic heterocycles. The van der Waals surface area contributed by atoms with E-state index in [2.05, 4.69) is 4.98 Å². The average molecular weight is 236 g/mol. The molecule has 0 spiro atoms. The Balaban J connectivity index is 2.36. The summed E-state index contributed by atoms with van der Waals surface area (Å²) in [6.45, 7) is 4.23. The van der Waals surface area contributed by atoms with Gasteiger partial charge >= 0.3 is 0 Å². The van der Waals surface area contributed by atoms with Crippen LogP contribution in [0.25, 0.3) is 0 Å². The number of aryl methyl sites for hydroxylation is 2. The molecule has 84 valence electrons.